The Morgan fingerprint density at radius 2 is 2.24 bits per heavy atom. The summed E-state index contributed by atoms with van der Waals surface area (Å²) in [5.74, 6) is 2.06. The first-order valence-corrected chi connectivity index (χ1v) is 5.83. The van der Waals surface area contributed by atoms with E-state index in [-0.39, 0.29) is 0 Å². The molecule has 1 N–H and O–H groups in total. The summed E-state index contributed by atoms with van der Waals surface area (Å²) < 4.78 is 10.6. The lowest BCUT2D eigenvalue weighted by atomic mass is 10.2. The Bertz CT molecular complexity index is 474. The highest BCUT2D eigenvalue weighted by Gasteiger charge is 2.14. The Kier molecular flexibility index (Phi) is 3.58. The van der Waals surface area contributed by atoms with Crippen LogP contribution in [0.15, 0.2) is 21.3 Å². The van der Waals surface area contributed by atoms with Crippen molar-refractivity contribution >= 4 is 0 Å². The third kappa shape index (κ3) is 2.74. The standard InChI is InChI=1S/C12H17N3O2/c1-4-10-9(5-6-16-10)12-14-11(15-17-12)7-13-8(2)3/h5-6,8,13H,4,7H2,1-3H3. The molecule has 0 aliphatic carbocycles. The predicted molar refractivity (Wildman–Crippen MR) is 63.4 cm³/mol. The van der Waals surface area contributed by atoms with Crippen LogP contribution < -0.4 is 5.32 Å². The lowest BCUT2D eigenvalue weighted by Gasteiger charge is -2.03. The minimum Gasteiger partial charge on any atom is -0.469 e. The Labute approximate surface area is 100 Å². The van der Waals surface area contributed by atoms with Crippen LogP contribution in [0.5, 0.6) is 0 Å². The second kappa shape index (κ2) is 5.14. The average Bonchev–Trinajstić information content (AvgIpc) is 2.94. The van der Waals surface area contributed by atoms with E-state index in [0.717, 1.165) is 17.7 Å². The molecule has 0 aromatic carbocycles. The highest BCUT2D eigenvalue weighted by atomic mass is 16.5. The maximum Gasteiger partial charge on any atom is 0.261 e. The van der Waals surface area contributed by atoms with Crippen molar-refractivity contribution in [1.82, 2.24) is 15.5 Å². The number of nitrogens with one attached hydrogen (secondary N) is 1. The molecule has 2 rings (SSSR count). The van der Waals surface area contributed by atoms with Crippen LogP contribution in [-0.2, 0) is 13.0 Å². The largest absolute Gasteiger partial charge is 0.469 e. The van der Waals surface area contributed by atoms with Crippen LogP contribution in [0.25, 0.3) is 11.5 Å². The fraction of sp³-hybridized carbons (Fsp3) is 0.500. The summed E-state index contributed by atoms with van der Waals surface area (Å²) in [5.41, 5.74) is 0.885. The first-order valence-electron chi connectivity index (χ1n) is 5.83. The summed E-state index contributed by atoms with van der Waals surface area (Å²) in [5, 5.41) is 7.17. The molecule has 0 fully saturated rings. The zero-order chi connectivity index (χ0) is 12.3. The lowest BCUT2D eigenvalue weighted by molar-refractivity contribution is 0.415. The summed E-state index contributed by atoms with van der Waals surface area (Å²) in [6, 6.07) is 2.25. The van der Waals surface area contributed by atoms with Gasteiger partial charge in [-0.25, -0.2) is 0 Å². The third-order valence-corrected chi connectivity index (χ3v) is 2.43. The van der Waals surface area contributed by atoms with Gasteiger partial charge < -0.3 is 14.3 Å². The predicted octanol–water partition coefficient (Wildman–Crippen LogP) is 2.39. The summed E-state index contributed by atoms with van der Waals surface area (Å²) in [7, 11) is 0. The van der Waals surface area contributed by atoms with Gasteiger partial charge in [0.15, 0.2) is 5.82 Å². The van der Waals surface area contributed by atoms with Gasteiger partial charge in [0.1, 0.15) is 5.76 Å². The van der Waals surface area contributed by atoms with E-state index in [1.807, 2.05) is 13.0 Å². The van der Waals surface area contributed by atoms with Gasteiger partial charge in [-0.2, -0.15) is 4.98 Å². The van der Waals surface area contributed by atoms with Gasteiger partial charge in [0.05, 0.1) is 18.4 Å². The van der Waals surface area contributed by atoms with E-state index in [0.29, 0.717) is 24.3 Å². The van der Waals surface area contributed by atoms with Gasteiger partial charge in [-0.3, -0.25) is 0 Å². The van der Waals surface area contributed by atoms with Crippen molar-refractivity contribution in [1.29, 1.82) is 0 Å². The number of rotatable bonds is 5. The SMILES string of the molecule is CCc1occc1-c1nc(CNC(C)C)no1. The molecule has 2 heterocycles. The molecule has 92 valence electrons. The Balaban J connectivity index is 2.12. The van der Waals surface area contributed by atoms with Crippen LogP contribution >= 0.6 is 0 Å². The zero-order valence-corrected chi connectivity index (χ0v) is 10.4. The number of aryl methyl sites for hydroxylation is 1. The molecule has 17 heavy (non-hydrogen) atoms. The molecule has 0 saturated carbocycles. The van der Waals surface area contributed by atoms with Crippen LogP contribution in [0.4, 0.5) is 0 Å². The molecule has 0 amide bonds. The number of hydrogen-bond acceptors (Lipinski definition) is 5. The Hall–Kier alpha value is -1.62. The highest BCUT2D eigenvalue weighted by Crippen LogP contribution is 2.23. The fourth-order valence-corrected chi connectivity index (χ4v) is 1.54. The number of furan rings is 1. The van der Waals surface area contributed by atoms with Gasteiger partial charge in [-0.15, -0.1) is 0 Å². The van der Waals surface area contributed by atoms with Crippen LogP contribution in [0, 0.1) is 0 Å². The van der Waals surface area contributed by atoms with Gasteiger partial charge in [-0.05, 0) is 6.07 Å². The van der Waals surface area contributed by atoms with E-state index in [2.05, 4.69) is 29.3 Å². The first kappa shape index (κ1) is 11.9. The normalized spacial score (nSPS) is 11.3. The molecular formula is C12H17N3O2. The van der Waals surface area contributed by atoms with Gasteiger partial charge in [0, 0.05) is 12.5 Å². The van der Waals surface area contributed by atoms with Crippen molar-refractivity contribution in [3.8, 4) is 11.5 Å². The van der Waals surface area contributed by atoms with Crippen LogP contribution in [0.1, 0.15) is 32.4 Å². The molecule has 0 radical (unpaired) electrons. The van der Waals surface area contributed by atoms with Crippen LogP contribution in [0.3, 0.4) is 0 Å². The van der Waals surface area contributed by atoms with Gasteiger partial charge >= 0.3 is 0 Å². The van der Waals surface area contributed by atoms with Gasteiger partial charge in [0.25, 0.3) is 5.89 Å². The summed E-state index contributed by atoms with van der Waals surface area (Å²) in [6.07, 6.45) is 2.45. The molecular weight excluding hydrogens is 218 g/mol. The highest BCUT2D eigenvalue weighted by molar-refractivity contribution is 5.55. The minimum absolute atomic E-state index is 0.400. The second-order valence-corrected chi connectivity index (χ2v) is 4.16. The van der Waals surface area contributed by atoms with Crippen molar-refractivity contribution in [2.45, 2.75) is 39.8 Å². The molecule has 0 aliphatic rings. The number of hydrogen-bond donors (Lipinski definition) is 1. The van der Waals surface area contributed by atoms with E-state index in [1.54, 1.807) is 6.26 Å². The van der Waals surface area contributed by atoms with E-state index >= 15 is 0 Å². The number of nitrogens with zero attached hydrogens (tertiary/aromatic N) is 2. The Morgan fingerprint density at radius 3 is 2.94 bits per heavy atom. The third-order valence-electron chi connectivity index (χ3n) is 2.43. The molecule has 5 heteroatoms. The fourth-order valence-electron chi connectivity index (χ4n) is 1.54. The van der Waals surface area contributed by atoms with E-state index in [4.69, 9.17) is 8.94 Å². The van der Waals surface area contributed by atoms with Crippen molar-refractivity contribution in [3.63, 3.8) is 0 Å². The Morgan fingerprint density at radius 1 is 1.41 bits per heavy atom. The molecule has 0 spiro atoms. The molecule has 5 nitrogen and oxygen atoms in total. The monoisotopic (exact) mass is 235 g/mol. The van der Waals surface area contributed by atoms with Crippen molar-refractivity contribution in [2.75, 3.05) is 0 Å². The smallest absolute Gasteiger partial charge is 0.261 e. The lowest BCUT2D eigenvalue weighted by Crippen LogP contribution is -2.22. The second-order valence-electron chi connectivity index (χ2n) is 4.16. The molecule has 0 aliphatic heterocycles. The maximum absolute atomic E-state index is 5.33. The van der Waals surface area contributed by atoms with E-state index < -0.39 is 0 Å². The van der Waals surface area contributed by atoms with Gasteiger partial charge in [-0.1, -0.05) is 25.9 Å². The molecule has 0 atom stereocenters. The summed E-state index contributed by atoms with van der Waals surface area (Å²) in [4.78, 5) is 4.33. The molecule has 0 saturated heterocycles. The van der Waals surface area contributed by atoms with Crippen molar-refractivity contribution in [3.05, 3.63) is 23.9 Å². The summed E-state index contributed by atoms with van der Waals surface area (Å²) in [6.45, 7) is 6.79. The van der Waals surface area contributed by atoms with Gasteiger partial charge in [0.2, 0.25) is 0 Å². The summed E-state index contributed by atoms with van der Waals surface area (Å²) >= 11 is 0. The molecule has 2 aromatic heterocycles. The van der Waals surface area contributed by atoms with E-state index in [9.17, 15) is 0 Å². The van der Waals surface area contributed by atoms with Crippen LogP contribution in [-0.4, -0.2) is 16.2 Å². The van der Waals surface area contributed by atoms with Crippen molar-refractivity contribution < 1.29 is 8.94 Å². The zero-order valence-electron chi connectivity index (χ0n) is 10.4. The minimum atomic E-state index is 0.400. The average molecular weight is 235 g/mol. The quantitative estimate of drug-likeness (QED) is 0.862. The van der Waals surface area contributed by atoms with Crippen LogP contribution in [0.2, 0.25) is 0 Å². The topological polar surface area (TPSA) is 64.1 Å². The molecule has 0 unspecified atom stereocenters. The first-order chi connectivity index (χ1) is 8.20. The molecule has 0 bridgehead atoms. The number of aromatic nitrogens is 2. The molecule has 2 aromatic rings. The van der Waals surface area contributed by atoms with Crippen molar-refractivity contribution in [2.24, 2.45) is 0 Å². The van der Waals surface area contributed by atoms with E-state index in [1.165, 1.54) is 0 Å². The maximum atomic E-state index is 5.33.